The zero-order valence-electron chi connectivity index (χ0n) is 8.53. The van der Waals surface area contributed by atoms with Crippen LogP contribution in [0.1, 0.15) is 21.6 Å². The van der Waals surface area contributed by atoms with Crippen LogP contribution in [0.25, 0.3) is 11.0 Å². The van der Waals surface area contributed by atoms with E-state index in [4.69, 9.17) is 0 Å². The van der Waals surface area contributed by atoms with Crippen LogP contribution in [0.5, 0.6) is 0 Å². The number of carbonyl (C=O) groups excluding carboxylic acids is 1. The molecule has 0 aliphatic heterocycles. The number of aromatic nitrogens is 2. The predicted octanol–water partition coefficient (Wildman–Crippen LogP) is 2.00. The van der Waals surface area contributed by atoms with E-state index in [1.54, 1.807) is 0 Å². The molecule has 0 radical (unpaired) electrons. The van der Waals surface area contributed by atoms with Gasteiger partial charge >= 0.3 is 0 Å². The van der Waals surface area contributed by atoms with Crippen LogP contribution in [0.2, 0.25) is 0 Å². The molecule has 0 N–H and O–H groups in total. The van der Waals surface area contributed by atoms with Gasteiger partial charge in [-0.15, -0.1) is 0 Å². The van der Waals surface area contributed by atoms with E-state index in [9.17, 15) is 4.79 Å². The molecule has 2 heterocycles. The average Bonchev–Trinajstić information content (AvgIpc) is 2.43. The van der Waals surface area contributed by atoms with Crippen LogP contribution >= 0.6 is 0 Å². The van der Waals surface area contributed by atoms with Crippen molar-refractivity contribution in [2.45, 2.75) is 13.8 Å². The van der Waals surface area contributed by atoms with Crippen molar-refractivity contribution in [3.63, 3.8) is 0 Å². The van der Waals surface area contributed by atoms with Crippen molar-refractivity contribution in [3.05, 3.63) is 29.1 Å². The van der Waals surface area contributed by atoms with E-state index in [-0.39, 0.29) is 0 Å². The second-order valence-electron chi connectivity index (χ2n) is 3.59. The van der Waals surface area contributed by atoms with Gasteiger partial charge in [0.05, 0.1) is 0 Å². The number of fused-ring (bicyclic) bond motifs is 1. The molecular formula is C11H12N2O. The fourth-order valence-electron chi connectivity index (χ4n) is 1.85. The lowest BCUT2D eigenvalue weighted by atomic mass is 10.1. The summed E-state index contributed by atoms with van der Waals surface area (Å²) in [7, 11) is 1.90. The molecule has 3 heteroatoms. The van der Waals surface area contributed by atoms with Crippen LogP contribution in [-0.4, -0.2) is 15.8 Å². The van der Waals surface area contributed by atoms with Crippen LogP contribution in [-0.2, 0) is 7.05 Å². The van der Waals surface area contributed by atoms with Gasteiger partial charge in [0, 0.05) is 29.9 Å². The fraction of sp³-hybridized carbons (Fsp3) is 0.273. The van der Waals surface area contributed by atoms with Gasteiger partial charge in [0.15, 0.2) is 6.29 Å². The lowest BCUT2D eigenvalue weighted by Gasteiger charge is -2.00. The molecule has 2 rings (SSSR count). The van der Waals surface area contributed by atoms with Gasteiger partial charge < -0.3 is 4.57 Å². The van der Waals surface area contributed by atoms with Gasteiger partial charge in [-0.2, -0.15) is 0 Å². The zero-order valence-corrected chi connectivity index (χ0v) is 8.53. The first kappa shape index (κ1) is 8.94. The highest BCUT2D eigenvalue weighted by Crippen LogP contribution is 2.21. The Morgan fingerprint density at radius 1 is 1.43 bits per heavy atom. The van der Waals surface area contributed by atoms with Crippen molar-refractivity contribution >= 4 is 17.3 Å². The smallest absolute Gasteiger partial charge is 0.152 e. The van der Waals surface area contributed by atoms with Gasteiger partial charge in [0.2, 0.25) is 0 Å². The second-order valence-corrected chi connectivity index (χ2v) is 3.59. The summed E-state index contributed by atoms with van der Waals surface area (Å²) in [4.78, 5) is 15.2. The minimum Gasteiger partial charge on any atom is -0.335 e. The number of hydrogen-bond acceptors (Lipinski definition) is 2. The molecule has 0 spiro atoms. The van der Waals surface area contributed by atoms with Gasteiger partial charge in [0.25, 0.3) is 0 Å². The van der Waals surface area contributed by atoms with Gasteiger partial charge in [-0.05, 0) is 25.5 Å². The minimum atomic E-state index is 0.715. The third kappa shape index (κ3) is 1.13. The number of aldehydes is 1. The fourth-order valence-corrected chi connectivity index (χ4v) is 1.85. The number of nitrogens with zero attached hydrogens (tertiary/aromatic N) is 2. The standard InChI is InChI=1S/C11H12N2O/c1-7-4-8(2)12-11-10(7)9(6-14)5-13(11)3/h4-6H,1-3H3. The zero-order chi connectivity index (χ0) is 10.3. The Kier molecular flexibility index (Phi) is 1.88. The van der Waals surface area contributed by atoms with Crippen LogP contribution in [0, 0.1) is 13.8 Å². The maximum Gasteiger partial charge on any atom is 0.152 e. The van der Waals surface area contributed by atoms with E-state index in [1.807, 2.05) is 37.7 Å². The molecule has 0 amide bonds. The summed E-state index contributed by atoms with van der Waals surface area (Å²) in [6, 6.07) is 2.00. The summed E-state index contributed by atoms with van der Waals surface area (Å²) < 4.78 is 1.89. The highest BCUT2D eigenvalue weighted by molar-refractivity contribution is 5.98. The monoisotopic (exact) mass is 188 g/mol. The highest BCUT2D eigenvalue weighted by Gasteiger charge is 2.09. The summed E-state index contributed by atoms with van der Waals surface area (Å²) in [5, 5.41) is 0.966. The van der Waals surface area contributed by atoms with E-state index in [1.165, 1.54) is 0 Å². The Balaban J connectivity index is 2.96. The normalized spacial score (nSPS) is 10.8. The van der Waals surface area contributed by atoms with Crippen molar-refractivity contribution in [1.29, 1.82) is 0 Å². The maximum atomic E-state index is 10.8. The molecule has 2 aromatic rings. The minimum absolute atomic E-state index is 0.715. The largest absolute Gasteiger partial charge is 0.335 e. The molecular weight excluding hydrogens is 176 g/mol. The molecule has 0 bridgehead atoms. The first-order valence-electron chi connectivity index (χ1n) is 4.52. The van der Waals surface area contributed by atoms with Crippen molar-refractivity contribution in [2.24, 2.45) is 7.05 Å². The number of aryl methyl sites for hydroxylation is 3. The Hall–Kier alpha value is -1.64. The summed E-state index contributed by atoms with van der Waals surface area (Å²) in [5.74, 6) is 0. The number of pyridine rings is 1. The van der Waals surface area contributed by atoms with Crippen molar-refractivity contribution in [3.8, 4) is 0 Å². The Bertz CT molecular complexity index is 511. The average molecular weight is 188 g/mol. The van der Waals surface area contributed by atoms with Crippen molar-refractivity contribution in [2.75, 3.05) is 0 Å². The van der Waals surface area contributed by atoms with Crippen molar-refractivity contribution < 1.29 is 4.79 Å². The Morgan fingerprint density at radius 2 is 2.14 bits per heavy atom. The summed E-state index contributed by atoms with van der Waals surface area (Å²) in [6.07, 6.45) is 2.70. The molecule has 0 aliphatic rings. The third-order valence-corrected chi connectivity index (χ3v) is 2.41. The summed E-state index contributed by atoms with van der Waals surface area (Å²) in [6.45, 7) is 3.96. The van der Waals surface area contributed by atoms with E-state index < -0.39 is 0 Å². The molecule has 0 aliphatic carbocycles. The Morgan fingerprint density at radius 3 is 2.79 bits per heavy atom. The first-order valence-corrected chi connectivity index (χ1v) is 4.52. The second kappa shape index (κ2) is 2.94. The van der Waals surface area contributed by atoms with Crippen molar-refractivity contribution in [1.82, 2.24) is 9.55 Å². The maximum absolute atomic E-state index is 10.8. The summed E-state index contributed by atoms with van der Waals surface area (Å²) in [5.41, 5.74) is 3.68. The Labute approximate surface area is 82.4 Å². The number of rotatable bonds is 1. The van der Waals surface area contributed by atoms with Crippen LogP contribution in [0.4, 0.5) is 0 Å². The predicted molar refractivity (Wildman–Crippen MR) is 55.6 cm³/mol. The van der Waals surface area contributed by atoms with Crippen LogP contribution in [0.3, 0.4) is 0 Å². The summed E-state index contributed by atoms with van der Waals surface area (Å²) >= 11 is 0. The van der Waals surface area contributed by atoms with Gasteiger partial charge in [-0.25, -0.2) is 4.98 Å². The van der Waals surface area contributed by atoms with Gasteiger partial charge in [0.1, 0.15) is 5.65 Å². The van der Waals surface area contributed by atoms with Crippen LogP contribution < -0.4 is 0 Å². The van der Waals surface area contributed by atoms with E-state index >= 15 is 0 Å². The number of carbonyl (C=O) groups is 1. The first-order chi connectivity index (χ1) is 6.63. The van der Waals surface area contributed by atoms with Gasteiger partial charge in [-0.1, -0.05) is 0 Å². The molecule has 72 valence electrons. The molecule has 0 saturated carbocycles. The lowest BCUT2D eigenvalue weighted by Crippen LogP contribution is -1.91. The molecule has 0 unspecified atom stereocenters. The van der Waals surface area contributed by atoms with E-state index in [0.29, 0.717) is 5.56 Å². The quantitative estimate of drug-likeness (QED) is 0.641. The SMILES string of the molecule is Cc1cc(C)c2c(C=O)cn(C)c2n1. The third-order valence-electron chi connectivity index (χ3n) is 2.41. The van der Waals surface area contributed by atoms with E-state index in [2.05, 4.69) is 4.98 Å². The highest BCUT2D eigenvalue weighted by atomic mass is 16.1. The van der Waals surface area contributed by atoms with Gasteiger partial charge in [-0.3, -0.25) is 4.79 Å². The molecule has 3 nitrogen and oxygen atoms in total. The lowest BCUT2D eigenvalue weighted by molar-refractivity contribution is 0.112. The molecule has 0 atom stereocenters. The molecule has 0 aromatic carbocycles. The molecule has 2 aromatic heterocycles. The number of hydrogen-bond donors (Lipinski definition) is 0. The molecule has 14 heavy (non-hydrogen) atoms. The molecule has 0 fully saturated rings. The topological polar surface area (TPSA) is 34.9 Å². The van der Waals surface area contributed by atoms with E-state index in [0.717, 1.165) is 28.6 Å². The molecule has 0 saturated heterocycles. The van der Waals surface area contributed by atoms with Crippen LogP contribution in [0.15, 0.2) is 12.3 Å².